The van der Waals surface area contributed by atoms with Gasteiger partial charge < -0.3 is 4.74 Å². The fourth-order valence-corrected chi connectivity index (χ4v) is 2.78. The molecule has 0 aliphatic rings. The van der Waals surface area contributed by atoms with E-state index in [9.17, 15) is 9.59 Å². The van der Waals surface area contributed by atoms with Crippen molar-refractivity contribution in [2.45, 2.75) is 6.92 Å². The molecule has 2 N–H and O–H groups in total. The molecule has 0 saturated carbocycles. The second kappa shape index (κ2) is 9.90. The van der Waals surface area contributed by atoms with Crippen molar-refractivity contribution >= 4 is 17.4 Å². The smallest absolute Gasteiger partial charge is 0.276 e. The van der Waals surface area contributed by atoms with Crippen LogP contribution in [0.3, 0.4) is 0 Å². The van der Waals surface area contributed by atoms with Crippen LogP contribution in [0.25, 0.3) is 16.7 Å². The molecule has 0 radical (unpaired) electrons. The number of amides is 2. The highest BCUT2D eigenvalue weighted by molar-refractivity contribution is 5.95. The first-order valence-electron chi connectivity index (χ1n) is 9.23. The number of rotatable bonds is 6. The van der Waals surface area contributed by atoms with Crippen molar-refractivity contribution in [1.29, 1.82) is 0 Å². The second-order valence-corrected chi connectivity index (χ2v) is 6.38. The molecule has 3 aromatic carbocycles. The van der Waals surface area contributed by atoms with Gasteiger partial charge in [-0.1, -0.05) is 78.9 Å². The van der Waals surface area contributed by atoms with Gasteiger partial charge in [0.25, 0.3) is 11.8 Å². The van der Waals surface area contributed by atoms with Crippen molar-refractivity contribution in [2.75, 3.05) is 6.61 Å². The molecule has 3 aromatic rings. The maximum absolute atomic E-state index is 12.1. The number of para-hydroxylation sites is 1. The van der Waals surface area contributed by atoms with E-state index < -0.39 is 11.8 Å². The number of benzene rings is 3. The number of nitrogens with one attached hydrogen (secondary N) is 2. The number of allylic oxidation sites excluding steroid dienone is 1. The summed E-state index contributed by atoms with van der Waals surface area (Å²) in [7, 11) is 0. The molecule has 0 aliphatic carbocycles. The summed E-state index contributed by atoms with van der Waals surface area (Å²) < 4.78 is 5.66. The van der Waals surface area contributed by atoms with Crippen LogP contribution in [-0.4, -0.2) is 18.4 Å². The lowest BCUT2D eigenvalue weighted by Crippen LogP contribution is -2.43. The Balaban J connectivity index is 1.53. The Labute approximate surface area is 170 Å². The molecule has 2 amide bonds. The summed E-state index contributed by atoms with van der Waals surface area (Å²) in [6, 6.07) is 26.8. The summed E-state index contributed by atoms with van der Waals surface area (Å²) in [5.74, 6) is -0.267. The third kappa shape index (κ3) is 5.81. The summed E-state index contributed by atoms with van der Waals surface area (Å²) >= 11 is 0. The van der Waals surface area contributed by atoms with Crippen molar-refractivity contribution in [3.8, 4) is 16.9 Å². The van der Waals surface area contributed by atoms with E-state index >= 15 is 0 Å². The van der Waals surface area contributed by atoms with Gasteiger partial charge in [0, 0.05) is 11.6 Å². The molecule has 146 valence electrons. The first-order chi connectivity index (χ1) is 14.1. The van der Waals surface area contributed by atoms with Crippen LogP contribution in [0.5, 0.6) is 5.75 Å². The highest BCUT2D eigenvalue weighted by atomic mass is 16.5. The van der Waals surface area contributed by atoms with Crippen LogP contribution in [0.1, 0.15) is 12.5 Å². The molecule has 0 saturated heterocycles. The molecule has 5 heteroatoms. The number of hydrogen-bond acceptors (Lipinski definition) is 3. The molecule has 0 spiro atoms. The Morgan fingerprint density at radius 3 is 2.17 bits per heavy atom. The average molecular weight is 386 g/mol. The van der Waals surface area contributed by atoms with Crippen molar-refractivity contribution in [3.05, 3.63) is 96.6 Å². The van der Waals surface area contributed by atoms with E-state index in [2.05, 4.69) is 10.9 Å². The minimum Gasteiger partial charge on any atom is -0.483 e. The zero-order valence-corrected chi connectivity index (χ0v) is 16.1. The average Bonchev–Trinajstić information content (AvgIpc) is 2.77. The summed E-state index contributed by atoms with van der Waals surface area (Å²) in [5.41, 5.74) is 8.36. The lowest BCUT2D eigenvalue weighted by Gasteiger charge is -2.12. The molecule has 29 heavy (non-hydrogen) atoms. The van der Waals surface area contributed by atoms with E-state index in [1.165, 1.54) is 6.08 Å². The number of carbonyl (C=O) groups is 2. The summed E-state index contributed by atoms with van der Waals surface area (Å²) in [6.07, 6.45) is 1.43. The first kappa shape index (κ1) is 19.9. The summed E-state index contributed by atoms with van der Waals surface area (Å²) in [6.45, 7) is 1.62. The quantitative estimate of drug-likeness (QED) is 0.497. The summed E-state index contributed by atoms with van der Waals surface area (Å²) in [5, 5.41) is 0. The molecule has 5 nitrogen and oxygen atoms in total. The topological polar surface area (TPSA) is 67.4 Å². The Morgan fingerprint density at radius 2 is 1.45 bits per heavy atom. The Bertz CT molecular complexity index is 999. The maximum Gasteiger partial charge on any atom is 0.276 e. The molecule has 0 aromatic heterocycles. The number of ether oxygens (including phenoxy) is 1. The van der Waals surface area contributed by atoms with Gasteiger partial charge in [0.05, 0.1) is 0 Å². The highest BCUT2D eigenvalue weighted by Crippen LogP contribution is 2.29. The third-order valence-corrected chi connectivity index (χ3v) is 4.23. The van der Waals surface area contributed by atoms with Gasteiger partial charge in [-0.15, -0.1) is 0 Å². The molecular weight excluding hydrogens is 364 g/mol. The molecule has 0 aliphatic heterocycles. The third-order valence-electron chi connectivity index (χ3n) is 4.23. The predicted octanol–water partition coefficient (Wildman–Crippen LogP) is 3.98. The van der Waals surface area contributed by atoms with Gasteiger partial charge in [-0.2, -0.15) is 0 Å². The Morgan fingerprint density at radius 1 is 0.828 bits per heavy atom. The normalized spacial score (nSPS) is 10.9. The number of carbonyl (C=O) groups excluding carboxylic acids is 2. The minimum atomic E-state index is -0.452. The minimum absolute atomic E-state index is 0.217. The lowest BCUT2D eigenvalue weighted by molar-refractivity contribution is -0.128. The zero-order chi connectivity index (χ0) is 20.5. The molecule has 0 atom stereocenters. The van der Waals surface area contributed by atoms with Gasteiger partial charge in [0.15, 0.2) is 6.61 Å². The van der Waals surface area contributed by atoms with Crippen molar-refractivity contribution < 1.29 is 14.3 Å². The fraction of sp³-hybridized carbons (Fsp3) is 0.0833. The van der Waals surface area contributed by atoms with Crippen LogP contribution in [0.4, 0.5) is 0 Å². The van der Waals surface area contributed by atoms with Crippen molar-refractivity contribution in [2.24, 2.45) is 0 Å². The van der Waals surface area contributed by atoms with Crippen LogP contribution < -0.4 is 15.6 Å². The van der Waals surface area contributed by atoms with Crippen molar-refractivity contribution in [3.63, 3.8) is 0 Å². The van der Waals surface area contributed by atoms with Crippen LogP contribution in [0.15, 0.2) is 91.0 Å². The second-order valence-electron chi connectivity index (χ2n) is 6.38. The van der Waals surface area contributed by atoms with Gasteiger partial charge in [0.2, 0.25) is 0 Å². The molecule has 0 unspecified atom stereocenters. The van der Waals surface area contributed by atoms with E-state index in [0.717, 1.165) is 22.3 Å². The zero-order valence-electron chi connectivity index (χ0n) is 16.1. The van der Waals surface area contributed by atoms with E-state index in [-0.39, 0.29) is 6.61 Å². The monoisotopic (exact) mass is 386 g/mol. The van der Waals surface area contributed by atoms with Gasteiger partial charge >= 0.3 is 0 Å². The lowest BCUT2D eigenvalue weighted by atomic mass is 10.1. The summed E-state index contributed by atoms with van der Waals surface area (Å²) in [4.78, 5) is 24.1. The number of hydrogen-bond donors (Lipinski definition) is 2. The molecular formula is C24H22N2O3. The van der Waals surface area contributed by atoms with Crippen LogP contribution >= 0.6 is 0 Å². The maximum atomic E-state index is 12.1. The number of hydrazine groups is 1. The highest BCUT2D eigenvalue weighted by Gasteiger charge is 2.09. The predicted molar refractivity (Wildman–Crippen MR) is 114 cm³/mol. The van der Waals surface area contributed by atoms with E-state index in [1.807, 2.05) is 85.8 Å². The molecule has 3 rings (SSSR count). The van der Waals surface area contributed by atoms with E-state index in [4.69, 9.17) is 4.74 Å². The van der Waals surface area contributed by atoms with Gasteiger partial charge in [-0.25, -0.2) is 0 Å². The van der Waals surface area contributed by atoms with Crippen molar-refractivity contribution in [1.82, 2.24) is 10.9 Å². The SMILES string of the molecule is CC(=CC(=O)NNC(=O)COc1ccccc1-c1ccccc1)c1ccccc1. The van der Waals surface area contributed by atoms with Crippen LogP contribution in [0, 0.1) is 0 Å². The van der Waals surface area contributed by atoms with E-state index in [1.54, 1.807) is 6.07 Å². The van der Waals surface area contributed by atoms with E-state index in [0.29, 0.717) is 5.75 Å². The van der Waals surface area contributed by atoms with Gasteiger partial charge in [0.1, 0.15) is 5.75 Å². The molecule has 0 fully saturated rings. The van der Waals surface area contributed by atoms with Gasteiger partial charge in [-0.3, -0.25) is 20.4 Å². The van der Waals surface area contributed by atoms with Crippen LogP contribution in [0.2, 0.25) is 0 Å². The Kier molecular flexibility index (Phi) is 6.79. The Hall–Kier alpha value is -3.86. The standard InChI is InChI=1S/C24H22N2O3/c1-18(19-10-4-2-5-11-19)16-23(27)25-26-24(28)17-29-22-15-9-8-14-21(22)20-12-6-3-7-13-20/h2-16H,17H2,1H3,(H,25,27)(H,26,28). The molecule has 0 heterocycles. The fourth-order valence-electron chi connectivity index (χ4n) is 2.78. The van der Waals surface area contributed by atoms with Gasteiger partial charge in [-0.05, 0) is 29.7 Å². The van der Waals surface area contributed by atoms with Crippen LogP contribution in [-0.2, 0) is 9.59 Å². The largest absolute Gasteiger partial charge is 0.483 e. The molecule has 0 bridgehead atoms. The first-order valence-corrected chi connectivity index (χ1v) is 9.23.